The SMILES string of the molecule is CN=C(NCCc1cn2c(n1)CCCC2)N1CCC(c2cnn(C)c2)C1.I. The van der Waals surface area contributed by atoms with Gasteiger partial charge in [0.1, 0.15) is 5.82 Å². The maximum atomic E-state index is 4.79. The van der Waals surface area contributed by atoms with Gasteiger partial charge in [-0.25, -0.2) is 4.98 Å². The van der Waals surface area contributed by atoms with Gasteiger partial charge in [-0.1, -0.05) is 0 Å². The van der Waals surface area contributed by atoms with Gasteiger partial charge < -0.3 is 14.8 Å². The first-order valence-electron chi connectivity index (χ1n) is 9.72. The Bertz CT molecular complexity index is 755. The second-order valence-electron chi connectivity index (χ2n) is 7.40. The lowest BCUT2D eigenvalue weighted by molar-refractivity contribution is 0.486. The highest BCUT2D eigenvalue weighted by atomic mass is 127. The Morgan fingerprint density at radius 1 is 1.30 bits per heavy atom. The Morgan fingerprint density at radius 3 is 2.93 bits per heavy atom. The summed E-state index contributed by atoms with van der Waals surface area (Å²) in [5, 5.41) is 7.83. The van der Waals surface area contributed by atoms with E-state index >= 15 is 0 Å². The molecule has 0 radical (unpaired) electrons. The fraction of sp³-hybridized carbons (Fsp3) is 0.632. The standard InChI is InChI=1S/C19H29N7.HI/c1-20-19(26-10-7-15(13-26)16-11-22-24(2)12-16)21-8-6-17-14-25-9-4-3-5-18(25)23-17;/h11-12,14-15H,3-10,13H2,1-2H3,(H,20,21);1H. The first-order valence-corrected chi connectivity index (χ1v) is 9.72. The summed E-state index contributed by atoms with van der Waals surface area (Å²) >= 11 is 0. The molecule has 0 saturated carbocycles. The molecule has 1 saturated heterocycles. The number of guanidine groups is 1. The second kappa shape index (κ2) is 9.07. The number of hydrogen-bond donors (Lipinski definition) is 1. The van der Waals surface area contributed by atoms with Crippen LogP contribution in [0.15, 0.2) is 23.6 Å². The number of nitrogens with one attached hydrogen (secondary N) is 1. The minimum absolute atomic E-state index is 0. The molecule has 1 atom stereocenters. The Balaban J connectivity index is 0.00000210. The number of nitrogens with zero attached hydrogens (tertiary/aromatic N) is 6. The van der Waals surface area contributed by atoms with Gasteiger partial charge in [-0.2, -0.15) is 5.10 Å². The molecule has 4 rings (SSSR count). The first-order chi connectivity index (χ1) is 12.7. The van der Waals surface area contributed by atoms with Crippen LogP contribution >= 0.6 is 24.0 Å². The van der Waals surface area contributed by atoms with Crippen LogP contribution < -0.4 is 5.32 Å². The topological polar surface area (TPSA) is 63.3 Å². The molecule has 0 bridgehead atoms. The molecule has 27 heavy (non-hydrogen) atoms. The van der Waals surface area contributed by atoms with Gasteiger partial charge in [0.25, 0.3) is 0 Å². The van der Waals surface area contributed by atoms with Gasteiger partial charge in [-0.05, 0) is 24.8 Å². The highest BCUT2D eigenvalue weighted by molar-refractivity contribution is 14.0. The van der Waals surface area contributed by atoms with E-state index in [-0.39, 0.29) is 24.0 Å². The van der Waals surface area contributed by atoms with Crippen molar-refractivity contribution >= 4 is 29.9 Å². The average Bonchev–Trinajstić information content (AvgIpc) is 3.37. The molecular weight excluding hydrogens is 453 g/mol. The lowest BCUT2D eigenvalue weighted by Crippen LogP contribution is -2.40. The lowest BCUT2D eigenvalue weighted by Gasteiger charge is -2.21. The predicted octanol–water partition coefficient (Wildman–Crippen LogP) is 2.18. The van der Waals surface area contributed by atoms with Gasteiger partial charge in [0, 0.05) is 71.4 Å². The van der Waals surface area contributed by atoms with Gasteiger partial charge in [-0.15, -0.1) is 24.0 Å². The highest BCUT2D eigenvalue weighted by Crippen LogP contribution is 2.26. The summed E-state index contributed by atoms with van der Waals surface area (Å²) in [5.41, 5.74) is 2.52. The number of fused-ring (bicyclic) bond motifs is 1. The maximum Gasteiger partial charge on any atom is 0.193 e. The summed E-state index contributed by atoms with van der Waals surface area (Å²) in [4.78, 5) is 11.6. The van der Waals surface area contributed by atoms with Crippen molar-refractivity contribution in [2.45, 2.75) is 44.6 Å². The molecule has 1 unspecified atom stereocenters. The van der Waals surface area contributed by atoms with Crippen LogP contribution in [-0.4, -0.2) is 56.9 Å². The van der Waals surface area contributed by atoms with Crippen molar-refractivity contribution in [2.75, 3.05) is 26.7 Å². The third kappa shape index (κ3) is 4.64. The summed E-state index contributed by atoms with van der Waals surface area (Å²) < 4.78 is 4.21. The molecule has 7 nitrogen and oxygen atoms in total. The number of hydrogen-bond acceptors (Lipinski definition) is 3. The number of aliphatic imine (C=N–C) groups is 1. The number of rotatable bonds is 4. The number of aromatic nitrogens is 4. The maximum absolute atomic E-state index is 4.79. The number of likely N-dealkylation sites (tertiary alicyclic amines) is 1. The van der Waals surface area contributed by atoms with Gasteiger partial charge in [0.15, 0.2) is 5.96 Å². The molecule has 0 amide bonds. The number of halogens is 1. The fourth-order valence-corrected chi connectivity index (χ4v) is 4.10. The fourth-order valence-electron chi connectivity index (χ4n) is 4.10. The molecule has 2 aliphatic heterocycles. The molecule has 1 fully saturated rings. The summed E-state index contributed by atoms with van der Waals surface area (Å²) in [7, 11) is 3.85. The van der Waals surface area contributed by atoms with E-state index in [2.05, 4.69) is 37.3 Å². The molecule has 8 heteroatoms. The largest absolute Gasteiger partial charge is 0.356 e. The third-order valence-electron chi connectivity index (χ3n) is 5.52. The Hall–Kier alpha value is -1.58. The molecule has 0 aliphatic carbocycles. The van der Waals surface area contributed by atoms with Crippen LogP contribution in [0.2, 0.25) is 0 Å². The molecule has 2 aliphatic rings. The van der Waals surface area contributed by atoms with Crippen molar-refractivity contribution in [1.29, 1.82) is 0 Å². The molecule has 2 aromatic rings. The van der Waals surface area contributed by atoms with E-state index in [0.717, 1.165) is 51.4 Å². The van der Waals surface area contributed by atoms with Crippen molar-refractivity contribution in [3.8, 4) is 0 Å². The van der Waals surface area contributed by atoms with E-state index in [0.29, 0.717) is 5.92 Å². The van der Waals surface area contributed by atoms with Gasteiger partial charge in [0.2, 0.25) is 0 Å². The van der Waals surface area contributed by atoms with Crippen molar-refractivity contribution in [2.24, 2.45) is 12.0 Å². The molecule has 4 heterocycles. The van der Waals surface area contributed by atoms with Crippen LogP contribution in [0.4, 0.5) is 0 Å². The number of aryl methyl sites for hydroxylation is 3. The molecule has 0 spiro atoms. The second-order valence-corrected chi connectivity index (χ2v) is 7.40. The van der Waals surface area contributed by atoms with Crippen molar-refractivity contribution in [3.63, 3.8) is 0 Å². The van der Waals surface area contributed by atoms with Crippen LogP contribution in [-0.2, 0) is 26.4 Å². The predicted molar refractivity (Wildman–Crippen MR) is 118 cm³/mol. The highest BCUT2D eigenvalue weighted by Gasteiger charge is 2.26. The minimum Gasteiger partial charge on any atom is -0.356 e. The van der Waals surface area contributed by atoms with E-state index < -0.39 is 0 Å². The van der Waals surface area contributed by atoms with Crippen molar-refractivity contribution in [3.05, 3.63) is 35.7 Å². The molecule has 2 aromatic heterocycles. The van der Waals surface area contributed by atoms with E-state index in [1.807, 2.05) is 25.0 Å². The van der Waals surface area contributed by atoms with Crippen LogP contribution in [0.1, 0.15) is 42.3 Å². The van der Waals surface area contributed by atoms with Gasteiger partial charge in [0.05, 0.1) is 11.9 Å². The lowest BCUT2D eigenvalue weighted by atomic mass is 10.0. The Kier molecular flexibility index (Phi) is 6.78. The van der Waals surface area contributed by atoms with Crippen LogP contribution in [0.3, 0.4) is 0 Å². The number of imidazole rings is 1. The summed E-state index contributed by atoms with van der Waals surface area (Å²) in [5.74, 6) is 2.80. The van der Waals surface area contributed by atoms with Crippen molar-refractivity contribution < 1.29 is 0 Å². The van der Waals surface area contributed by atoms with E-state index in [1.165, 1.54) is 29.9 Å². The molecular formula is C19H30IN7. The first kappa shape index (κ1) is 20.2. The zero-order valence-corrected chi connectivity index (χ0v) is 18.6. The molecule has 1 N–H and O–H groups in total. The third-order valence-corrected chi connectivity index (χ3v) is 5.52. The van der Waals surface area contributed by atoms with Gasteiger partial charge in [-0.3, -0.25) is 9.67 Å². The normalized spacial score (nSPS) is 19.7. The summed E-state index contributed by atoms with van der Waals surface area (Å²) in [6.07, 6.45) is 12.1. The van der Waals surface area contributed by atoms with E-state index in [1.54, 1.807) is 0 Å². The van der Waals surface area contributed by atoms with Crippen LogP contribution in [0.5, 0.6) is 0 Å². The Morgan fingerprint density at radius 2 is 2.19 bits per heavy atom. The van der Waals surface area contributed by atoms with Crippen LogP contribution in [0, 0.1) is 0 Å². The molecule has 148 valence electrons. The Labute approximate surface area is 178 Å². The molecule has 0 aromatic carbocycles. The average molecular weight is 483 g/mol. The van der Waals surface area contributed by atoms with Crippen LogP contribution in [0.25, 0.3) is 0 Å². The van der Waals surface area contributed by atoms with E-state index in [9.17, 15) is 0 Å². The minimum atomic E-state index is 0. The summed E-state index contributed by atoms with van der Waals surface area (Å²) in [6.45, 7) is 4.04. The smallest absolute Gasteiger partial charge is 0.193 e. The van der Waals surface area contributed by atoms with Gasteiger partial charge >= 0.3 is 0 Å². The zero-order valence-electron chi connectivity index (χ0n) is 16.3. The van der Waals surface area contributed by atoms with Crippen molar-refractivity contribution in [1.82, 2.24) is 29.5 Å². The monoisotopic (exact) mass is 483 g/mol. The van der Waals surface area contributed by atoms with E-state index in [4.69, 9.17) is 4.98 Å². The summed E-state index contributed by atoms with van der Waals surface area (Å²) in [6, 6.07) is 0. The quantitative estimate of drug-likeness (QED) is 0.412. The zero-order chi connectivity index (χ0) is 17.9.